The van der Waals surface area contributed by atoms with Gasteiger partial charge in [0.15, 0.2) is 5.96 Å². The van der Waals surface area contributed by atoms with Gasteiger partial charge in [-0.3, -0.25) is 9.67 Å². The molecule has 0 unspecified atom stereocenters. The number of guanidine groups is 1. The second-order valence-electron chi connectivity index (χ2n) is 3.57. The maximum Gasteiger partial charge on any atom is 0.191 e. The van der Waals surface area contributed by atoms with Gasteiger partial charge in [-0.05, 0) is 6.92 Å². The van der Waals surface area contributed by atoms with E-state index in [1.165, 1.54) is 0 Å². The summed E-state index contributed by atoms with van der Waals surface area (Å²) in [5.74, 6) is 0.772. The summed E-state index contributed by atoms with van der Waals surface area (Å²) in [5.41, 5.74) is 1.13. The molecule has 0 aliphatic rings. The first-order valence-electron chi connectivity index (χ1n) is 5.76. The van der Waals surface area contributed by atoms with Crippen LogP contribution in [0.15, 0.2) is 17.4 Å². The zero-order valence-electron chi connectivity index (χ0n) is 11.1. The highest BCUT2D eigenvalue weighted by molar-refractivity contribution is 14.0. The lowest BCUT2D eigenvalue weighted by atomic mass is 10.4. The van der Waals surface area contributed by atoms with E-state index in [2.05, 4.69) is 20.7 Å². The van der Waals surface area contributed by atoms with E-state index in [0.29, 0.717) is 13.2 Å². The van der Waals surface area contributed by atoms with E-state index in [4.69, 9.17) is 4.74 Å². The molecule has 2 N–H and O–H groups in total. The smallest absolute Gasteiger partial charge is 0.191 e. The normalized spacial score (nSPS) is 10.9. The van der Waals surface area contributed by atoms with Crippen molar-refractivity contribution < 1.29 is 4.74 Å². The molecule has 0 saturated heterocycles. The molecule has 0 aliphatic carbocycles. The number of aliphatic imine (C=N–C) groups is 1. The molecule has 0 aliphatic heterocycles. The minimum atomic E-state index is 0. The van der Waals surface area contributed by atoms with Crippen molar-refractivity contribution in [2.45, 2.75) is 13.5 Å². The maximum atomic E-state index is 5.24. The van der Waals surface area contributed by atoms with Gasteiger partial charge in [0.25, 0.3) is 0 Å². The van der Waals surface area contributed by atoms with Crippen LogP contribution < -0.4 is 10.6 Å². The van der Waals surface area contributed by atoms with Crippen molar-refractivity contribution in [1.82, 2.24) is 20.4 Å². The number of halogens is 1. The first-order chi connectivity index (χ1) is 8.26. The van der Waals surface area contributed by atoms with Crippen molar-refractivity contribution in [3.8, 4) is 0 Å². The van der Waals surface area contributed by atoms with Gasteiger partial charge in [0, 0.05) is 45.6 Å². The molecule has 1 rings (SSSR count). The first kappa shape index (κ1) is 17.2. The van der Waals surface area contributed by atoms with Crippen LogP contribution in [-0.4, -0.2) is 42.5 Å². The van der Waals surface area contributed by atoms with Crippen LogP contribution in [0.25, 0.3) is 0 Å². The maximum absolute atomic E-state index is 5.24. The van der Waals surface area contributed by atoms with Crippen molar-refractivity contribution in [1.29, 1.82) is 0 Å². The van der Waals surface area contributed by atoms with Gasteiger partial charge < -0.3 is 15.4 Å². The van der Waals surface area contributed by atoms with Crippen LogP contribution in [0.3, 0.4) is 0 Å². The molecule has 0 saturated carbocycles. The third-order valence-electron chi connectivity index (χ3n) is 2.18. The third kappa shape index (κ3) is 6.80. The van der Waals surface area contributed by atoms with Crippen LogP contribution in [0.2, 0.25) is 0 Å². The number of hydrogen-bond acceptors (Lipinski definition) is 3. The lowest BCUT2D eigenvalue weighted by Gasteiger charge is -2.10. The van der Waals surface area contributed by atoms with Crippen LogP contribution in [0, 0.1) is 0 Å². The highest BCUT2D eigenvalue weighted by Crippen LogP contribution is 1.94. The molecule has 0 radical (unpaired) electrons. The Morgan fingerprint density at radius 2 is 2.28 bits per heavy atom. The number of aryl methyl sites for hydroxylation is 1. The Balaban J connectivity index is 0.00000289. The first-order valence-corrected chi connectivity index (χ1v) is 5.76. The van der Waals surface area contributed by atoms with Crippen molar-refractivity contribution in [3.63, 3.8) is 0 Å². The largest absolute Gasteiger partial charge is 0.380 e. The molecule has 1 aromatic heterocycles. The molecule has 0 amide bonds. The van der Waals surface area contributed by atoms with Crippen molar-refractivity contribution in [2.75, 3.05) is 26.8 Å². The predicted molar refractivity (Wildman–Crippen MR) is 83.3 cm³/mol. The molecule has 104 valence electrons. The number of nitrogens with zero attached hydrogens (tertiary/aromatic N) is 3. The Morgan fingerprint density at radius 1 is 1.50 bits per heavy atom. The van der Waals surface area contributed by atoms with Crippen molar-refractivity contribution >= 4 is 29.9 Å². The molecule has 0 aromatic carbocycles. The summed E-state index contributed by atoms with van der Waals surface area (Å²) >= 11 is 0. The summed E-state index contributed by atoms with van der Waals surface area (Å²) in [4.78, 5) is 4.12. The van der Waals surface area contributed by atoms with Gasteiger partial charge in [0.05, 0.1) is 12.8 Å². The molecule has 6 nitrogen and oxygen atoms in total. The zero-order valence-corrected chi connectivity index (χ0v) is 13.5. The molecule has 0 bridgehead atoms. The monoisotopic (exact) mass is 367 g/mol. The van der Waals surface area contributed by atoms with E-state index in [1.54, 1.807) is 11.7 Å². The van der Waals surface area contributed by atoms with E-state index in [9.17, 15) is 0 Å². The van der Waals surface area contributed by atoms with Crippen molar-refractivity contribution in [2.24, 2.45) is 12.0 Å². The van der Waals surface area contributed by atoms with Gasteiger partial charge >= 0.3 is 0 Å². The number of ether oxygens (including phenoxy) is 1. The molecule has 1 heterocycles. The summed E-state index contributed by atoms with van der Waals surface area (Å²) < 4.78 is 7.02. The standard InChI is InChI=1S/C11H21N5O.HI/c1-4-17-6-5-13-11(12-2)14-7-10-8-15-16(3)9-10;/h8-9H,4-7H2,1-3H3,(H2,12,13,14);1H. The van der Waals surface area contributed by atoms with Crippen LogP contribution in [0.4, 0.5) is 0 Å². The minimum absolute atomic E-state index is 0. The Labute approximate surface area is 125 Å². The molecule has 0 fully saturated rings. The lowest BCUT2D eigenvalue weighted by Crippen LogP contribution is -2.38. The van der Waals surface area contributed by atoms with E-state index in [0.717, 1.165) is 24.7 Å². The average Bonchev–Trinajstić information content (AvgIpc) is 2.74. The van der Waals surface area contributed by atoms with Crippen LogP contribution in [0.5, 0.6) is 0 Å². The molecular weight excluding hydrogens is 345 g/mol. The van der Waals surface area contributed by atoms with Gasteiger partial charge in [-0.15, -0.1) is 24.0 Å². The van der Waals surface area contributed by atoms with Gasteiger partial charge in [0.1, 0.15) is 0 Å². The third-order valence-corrected chi connectivity index (χ3v) is 2.18. The van der Waals surface area contributed by atoms with Crippen LogP contribution >= 0.6 is 24.0 Å². The Morgan fingerprint density at radius 3 is 2.83 bits per heavy atom. The Bertz CT molecular complexity index is 353. The van der Waals surface area contributed by atoms with E-state index >= 15 is 0 Å². The summed E-state index contributed by atoms with van der Waals surface area (Å²) in [6.45, 7) is 4.87. The zero-order chi connectivity index (χ0) is 12.5. The number of aromatic nitrogens is 2. The molecule has 1 aromatic rings. The number of hydrogen-bond donors (Lipinski definition) is 2. The minimum Gasteiger partial charge on any atom is -0.380 e. The van der Waals surface area contributed by atoms with E-state index < -0.39 is 0 Å². The summed E-state index contributed by atoms with van der Waals surface area (Å²) in [6, 6.07) is 0. The van der Waals surface area contributed by atoms with Gasteiger partial charge in [-0.25, -0.2) is 0 Å². The van der Waals surface area contributed by atoms with E-state index in [1.807, 2.05) is 26.4 Å². The average molecular weight is 367 g/mol. The van der Waals surface area contributed by atoms with Gasteiger partial charge in [-0.1, -0.05) is 0 Å². The predicted octanol–water partition coefficient (Wildman–Crippen LogP) is 0.740. The molecule has 7 heteroatoms. The Hall–Kier alpha value is -0.830. The summed E-state index contributed by atoms with van der Waals surface area (Å²) in [5, 5.41) is 10.5. The van der Waals surface area contributed by atoms with E-state index in [-0.39, 0.29) is 24.0 Å². The second kappa shape index (κ2) is 10.1. The molecule has 0 atom stereocenters. The number of rotatable bonds is 6. The number of nitrogens with one attached hydrogen (secondary N) is 2. The fraction of sp³-hybridized carbons (Fsp3) is 0.636. The van der Waals surface area contributed by atoms with Gasteiger partial charge in [0.2, 0.25) is 0 Å². The topological polar surface area (TPSA) is 63.5 Å². The highest BCUT2D eigenvalue weighted by Gasteiger charge is 1.99. The SMILES string of the molecule is CCOCCNC(=NC)NCc1cnn(C)c1.I. The quantitative estimate of drug-likeness (QED) is 0.337. The Kier molecular flexibility index (Phi) is 9.66. The molecule has 18 heavy (non-hydrogen) atoms. The summed E-state index contributed by atoms with van der Waals surface area (Å²) in [6.07, 6.45) is 3.81. The van der Waals surface area contributed by atoms with Gasteiger partial charge in [-0.2, -0.15) is 5.10 Å². The molecular formula is C11H22IN5O. The summed E-state index contributed by atoms with van der Waals surface area (Å²) in [7, 11) is 3.65. The fourth-order valence-corrected chi connectivity index (χ4v) is 1.36. The lowest BCUT2D eigenvalue weighted by molar-refractivity contribution is 0.152. The highest BCUT2D eigenvalue weighted by atomic mass is 127. The van der Waals surface area contributed by atoms with Crippen LogP contribution in [0.1, 0.15) is 12.5 Å². The van der Waals surface area contributed by atoms with Crippen molar-refractivity contribution in [3.05, 3.63) is 18.0 Å². The van der Waals surface area contributed by atoms with Crippen LogP contribution in [-0.2, 0) is 18.3 Å². The fourth-order valence-electron chi connectivity index (χ4n) is 1.36. The second-order valence-corrected chi connectivity index (χ2v) is 3.57. The molecule has 0 spiro atoms.